The van der Waals surface area contributed by atoms with Crippen LogP contribution in [-0.4, -0.2) is 23.6 Å². The number of nitrogens with one attached hydrogen (secondary N) is 2. The molecule has 15 heavy (non-hydrogen) atoms. The first-order valence-electron chi connectivity index (χ1n) is 5.52. The molecule has 4 heteroatoms. The number of unbranched alkanes of at least 4 members (excludes halogenated alkanes) is 2. The van der Waals surface area contributed by atoms with E-state index in [1.807, 2.05) is 14.0 Å². The lowest BCUT2D eigenvalue weighted by molar-refractivity contribution is 0.741. The fourth-order valence-electron chi connectivity index (χ4n) is 1.46. The first kappa shape index (κ1) is 11.8. The van der Waals surface area contributed by atoms with Gasteiger partial charge >= 0.3 is 0 Å². The van der Waals surface area contributed by atoms with Crippen molar-refractivity contribution < 1.29 is 0 Å². The molecule has 1 aromatic rings. The van der Waals surface area contributed by atoms with Gasteiger partial charge in [0.05, 0.1) is 0 Å². The minimum Gasteiger partial charge on any atom is -0.373 e. The van der Waals surface area contributed by atoms with Gasteiger partial charge in [0.1, 0.15) is 18.0 Å². The van der Waals surface area contributed by atoms with Crippen LogP contribution in [0.3, 0.4) is 0 Å². The average Bonchev–Trinajstić information content (AvgIpc) is 2.26. The maximum absolute atomic E-state index is 4.22. The highest BCUT2D eigenvalue weighted by Crippen LogP contribution is 2.17. The third-order valence-corrected chi connectivity index (χ3v) is 2.39. The quantitative estimate of drug-likeness (QED) is 0.705. The van der Waals surface area contributed by atoms with Gasteiger partial charge in [-0.3, -0.25) is 0 Å². The van der Waals surface area contributed by atoms with E-state index in [1.165, 1.54) is 19.3 Å². The highest BCUT2D eigenvalue weighted by Gasteiger charge is 2.03. The van der Waals surface area contributed by atoms with Crippen molar-refractivity contribution in [2.24, 2.45) is 0 Å². The summed E-state index contributed by atoms with van der Waals surface area (Å²) in [6.45, 7) is 5.21. The summed E-state index contributed by atoms with van der Waals surface area (Å²) >= 11 is 0. The van der Waals surface area contributed by atoms with Gasteiger partial charge in [0.25, 0.3) is 0 Å². The molecule has 0 spiro atoms. The van der Waals surface area contributed by atoms with Crippen LogP contribution in [0.15, 0.2) is 6.33 Å². The van der Waals surface area contributed by atoms with Gasteiger partial charge in [0.2, 0.25) is 0 Å². The first-order chi connectivity index (χ1) is 7.29. The molecule has 1 heterocycles. The summed E-state index contributed by atoms with van der Waals surface area (Å²) in [6, 6.07) is 0. The number of anilines is 2. The lowest BCUT2D eigenvalue weighted by Crippen LogP contribution is -2.07. The summed E-state index contributed by atoms with van der Waals surface area (Å²) in [4.78, 5) is 8.36. The van der Waals surface area contributed by atoms with Crippen LogP contribution in [0.2, 0.25) is 0 Å². The van der Waals surface area contributed by atoms with Gasteiger partial charge in [-0.05, 0) is 13.3 Å². The largest absolute Gasteiger partial charge is 0.373 e. The molecule has 4 nitrogen and oxygen atoms in total. The number of aromatic nitrogens is 2. The molecule has 1 rings (SSSR count). The van der Waals surface area contributed by atoms with Crippen molar-refractivity contribution in [2.75, 3.05) is 24.2 Å². The van der Waals surface area contributed by atoms with E-state index in [9.17, 15) is 0 Å². The van der Waals surface area contributed by atoms with Gasteiger partial charge in [-0.25, -0.2) is 9.97 Å². The molecule has 0 bridgehead atoms. The van der Waals surface area contributed by atoms with E-state index in [4.69, 9.17) is 0 Å². The van der Waals surface area contributed by atoms with E-state index in [2.05, 4.69) is 27.5 Å². The Labute approximate surface area is 91.5 Å². The van der Waals surface area contributed by atoms with Crippen molar-refractivity contribution in [3.8, 4) is 0 Å². The molecule has 0 aliphatic carbocycles. The number of rotatable bonds is 6. The normalized spacial score (nSPS) is 10.1. The maximum Gasteiger partial charge on any atom is 0.134 e. The van der Waals surface area contributed by atoms with Crippen LogP contribution in [0, 0.1) is 6.92 Å². The second-order valence-corrected chi connectivity index (χ2v) is 3.58. The minimum absolute atomic E-state index is 0.892. The first-order valence-corrected chi connectivity index (χ1v) is 5.52. The molecule has 1 aromatic heterocycles. The predicted octanol–water partition coefficient (Wildman–Crippen LogP) is 2.43. The molecule has 0 fully saturated rings. The van der Waals surface area contributed by atoms with Crippen molar-refractivity contribution in [1.29, 1.82) is 0 Å². The molecule has 0 saturated carbocycles. The van der Waals surface area contributed by atoms with Crippen molar-refractivity contribution in [3.05, 3.63) is 11.9 Å². The summed E-state index contributed by atoms with van der Waals surface area (Å²) in [5, 5.41) is 6.38. The topological polar surface area (TPSA) is 49.8 Å². The molecule has 2 N–H and O–H groups in total. The third kappa shape index (κ3) is 3.38. The van der Waals surface area contributed by atoms with Gasteiger partial charge < -0.3 is 10.6 Å². The lowest BCUT2D eigenvalue weighted by Gasteiger charge is -2.10. The van der Waals surface area contributed by atoms with E-state index in [0.29, 0.717) is 0 Å². The standard InChI is InChI=1S/C11H20N4/c1-4-5-6-7-13-11-9(2)10(12-3)14-8-15-11/h8H,4-7H2,1-3H3,(H2,12,13,14,15). The Morgan fingerprint density at radius 2 is 1.93 bits per heavy atom. The van der Waals surface area contributed by atoms with Crippen molar-refractivity contribution in [2.45, 2.75) is 33.1 Å². The molecular formula is C11H20N4. The smallest absolute Gasteiger partial charge is 0.134 e. The summed E-state index contributed by atoms with van der Waals surface area (Å²) in [6.07, 6.45) is 5.28. The Bertz CT molecular complexity index is 299. The zero-order valence-corrected chi connectivity index (χ0v) is 9.80. The van der Waals surface area contributed by atoms with Gasteiger partial charge in [-0.1, -0.05) is 19.8 Å². The van der Waals surface area contributed by atoms with E-state index in [1.54, 1.807) is 6.33 Å². The Morgan fingerprint density at radius 1 is 1.20 bits per heavy atom. The number of hydrogen-bond acceptors (Lipinski definition) is 4. The Morgan fingerprint density at radius 3 is 2.60 bits per heavy atom. The number of hydrogen-bond donors (Lipinski definition) is 2. The zero-order valence-electron chi connectivity index (χ0n) is 9.80. The van der Waals surface area contributed by atoms with E-state index in [0.717, 1.165) is 23.7 Å². The summed E-state index contributed by atoms with van der Waals surface area (Å²) < 4.78 is 0. The molecule has 0 aromatic carbocycles. The molecule has 0 saturated heterocycles. The summed E-state index contributed by atoms with van der Waals surface area (Å²) in [7, 11) is 1.87. The van der Waals surface area contributed by atoms with E-state index < -0.39 is 0 Å². The second kappa shape index (κ2) is 6.22. The van der Waals surface area contributed by atoms with Crippen LogP contribution in [0.1, 0.15) is 31.7 Å². The van der Waals surface area contributed by atoms with Crippen molar-refractivity contribution >= 4 is 11.6 Å². The van der Waals surface area contributed by atoms with Crippen LogP contribution in [-0.2, 0) is 0 Å². The highest BCUT2D eigenvalue weighted by atomic mass is 15.1. The molecule has 0 atom stereocenters. The van der Waals surface area contributed by atoms with Crippen molar-refractivity contribution in [3.63, 3.8) is 0 Å². The van der Waals surface area contributed by atoms with Crippen molar-refractivity contribution in [1.82, 2.24) is 9.97 Å². The van der Waals surface area contributed by atoms with Crippen LogP contribution in [0.25, 0.3) is 0 Å². The third-order valence-electron chi connectivity index (χ3n) is 2.39. The molecular weight excluding hydrogens is 188 g/mol. The Hall–Kier alpha value is -1.32. The molecule has 0 radical (unpaired) electrons. The van der Waals surface area contributed by atoms with E-state index >= 15 is 0 Å². The highest BCUT2D eigenvalue weighted by molar-refractivity contribution is 5.55. The Balaban J connectivity index is 2.53. The fourth-order valence-corrected chi connectivity index (χ4v) is 1.46. The maximum atomic E-state index is 4.22. The zero-order chi connectivity index (χ0) is 11.1. The summed E-state index contributed by atoms with van der Waals surface area (Å²) in [5.41, 5.74) is 1.08. The predicted molar refractivity (Wildman–Crippen MR) is 64.3 cm³/mol. The molecule has 0 aliphatic heterocycles. The number of nitrogens with zero attached hydrogens (tertiary/aromatic N) is 2. The van der Waals surface area contributed by atoms with Crippen LogP contribution >= 0.6 is 0 Å². The Kier molecular flexibility index (Phi) is 4.87. The van der Waals surface area contributed by atoms with Crippen LogP contribution in [0.4, 0.5) is 11.6 Å². The molecule has 0 amide bonds. The fraction of sp³-hybridized carbons (Fsp3) is 0.636. The van der Waals surface area contributed by atoms with Gasteiger partial charge in [0, 0.05) is 19.2 Å². The monoisotopic (exact) mass is 208 g/mol. The van der Waals surface area contributed by atoms with Gasteiger partial charge in [-0.2, -0.15) is 0 Å². The van der Waals surface area contributed by atoms with Gasteiger partial charge in [0.15, 0.2) is 0 Å². The minimum atomic E-state index is 0.892. The lowest BCUT2D eigenvalue weighted by atomic mass is 10.2. The van der Waals surface area contributed by atoms with Crippen LogP contribution in [0.5, 0.6) is 0 Å². The average molecular weight is 208 g/mol. The SMILES string of the molecule is CCCCCNc1ncnc(NC)c1C. The van der Waals surface area contributed by atoms with Crippen LogP contribution < -0.4 is 10.6 Å². The molecule has 84 valence electrons. The second-order valence-electron chi connectivity index (χ2n) is 3.58. The molecule has 0 unspecified atom stereocenters. The van der Waals surface area contributed by atoms with E-state index in [-0.39, 0.29) is 0 Å². The summed E-state index contributed by atoms with van der Waals surface area (Å²) in [5.74, 6) is 1.83. The van der Waals surface area contributed by atoms with Gasteiger partial charge in [-0.15, -0.1) is 0 Å². The molecule has 0 aliphatic rings.